The molecule has 4 heteroatoms. The van der Waals surface area contributed by atoms with Crippen LogP contribution >= 0.6 is 0 Å². The number of piperidine rings is 1. The normalized spacial score (nSPS) is 31.2. The second kappa shape index (κ2) is 4.69. The van der Waals surface area contributed by atoms with Crippen molar-refractivity contribution < 1.29 is 4.79 Å². The number of carbonyl (C=O) groups is 1. The molecule has 2 heterocycles. The molecule has 4 nitrogen and oxygen atoms in total. The Morgan fingerprint density at radius 3 is 1.86 bits per heavy atom. The third-order valence-corrected chi connectivity index (χ3v) is 4.93. The van der Waals surface area contributed by atoms with Crippen molar-refractivity contribution in [2.75, 3.05) is 6.54 Å². The van der Waals surface area contributed by atoms with Gasteiger partial charge in [-0.15, -0.1) is 0 Å². The summed E-state index contributed by atoms with van der Waals surface area (Å²) in [5.41, 5.74) is -0.575. The van der Waals surface area contributed by atoms with E-state index in [2.05, 4.69) is 51.9 Å². The number of nitrogens with one attached hydrogen (secondary N) is 1. The van der Waals surface area contributed by atoms with Crippen molar-refractivity contribution in [1.82, 2.24) is 15.3 Å². The maximum Gasteiger partial charge on any atom is 0.256 e. The number of amides is 1. The van der Waals surface area contributed by atoms with Crippen LogP contribution in [-0.2, 0) is 4.79 Å². The molecule has 0 aromatic heterocycles. The molecule has 0 radical (unpaired) electrons. The van der Waals surface area contributed by atoms with Crippen LogP contribution < -0.4 is 5.32 Å². The number of rotatable bonds is 1. The summed E-state index contributed by atoms with van der Waals surface area (Å²) in [5.74, 6) is 0.185. The lowest BCUT2D eigenvalue weighted by Gasteiger charge is -2.61. The molecule has 2 saturated heterocycles. The van der Waals surface area contributed by atoms with E-state index in [-0.39, 0.29) is 22.5 Å². The molecule has 0 spiro atoms. The third-order valence-electron chi connectivity index (χ3n) is 4.93. The number of carbonyl (C=O) groups excluding carboxylic acids is 1. The fourth-order valence-electron chi connectivity index (χ4n) is 4.51. The third kappa shape index (κ3) is 2.98. The number of hydrazine groups is 1. The Balaban J connectivity index is 2.43. The Morgan fingerprint density at radius 1 is 0.905 bits per heavy atom. The van der Waals surface area contributed by atoms with Crippen molar-refractivity contribution in [3.05, 3.63) is 0 Å². The van der Waals surface area contributed by atoms with Crippen LogP contribution in [-0.4, -0.2) is 44.6 Å². The summed E-state index contributed by atoms with van der Waals surface area (Å²) < 4.78 is 0. The van der Waals surface area contributed by atoms with Gasteiger partial charge in [-0.25, -0.2) is 5.01 Å². The van der Waals surface area contributed by atoms with Crippen molar-refractivity contribution in [3.63, 3.8) is 0 Å². The second-order valence-electron chi connectivity index (χ2n) is 9.29. The van der Waals surface area contributed by atoms with Gasteiger partial charge in [0.1, 0.15) is 0 Å². The van der Waals surface area contributed by atoms with Crippen LogP contribution in [0.1, 0.15) is 74.7 Å². The van der Waals surface area contributed by atoms with Gasteiger partial charge in [-0.05, 0) is 74.7 Å². The fourth-order valence-corrected chi connectivity index (χ4v) is 4.51. The first-order valence-electron chi connectivity index (χ1n) is 8.20. The van der Waals surface area contributed by atoms with Crippen LogP contribution in [0.3, 0.4) is 0 Å². The van der Waals surface area contributed by atoms with E-state index >= 15 is 0 Å². The van der Waals surface area contributed by atoms with Gasteiger partial charge in [0.15, 0.2) is 0 Å². The van der Waals surface area contributed by atoms with Gasteiger partial charge in [0.2, 0.25) is 0 Å². The summed E-state index contributed by atoms with van der Waals surface area (Å²) >= 11 is 0. The van der Waals surface area contributed by atoms with Crippen LogP contribution in [0.4, 0.5) is 0 Å². The molecule has 0 unspecified atom stereocenters. The van der Waals surface area contributed by atoms with Crippen LogP contribution in [0, 0.1) is 0 Å². The van der Waals surface area contributed by atoms with E-state index in [1.165, 1.54) is 6.42 Å². The molecule has 122 valence electrons. The molecular formula is C17H33N3O. The largest absolute Gasteiger partial charge is 0.297 e. The minimum Gasteiger partial charge on any atom is -0.297 e. The zero-order valence-corrected chi connectivity index (χ0v) is 15.1. The molecule has 2 aliphatic heterocycles. The van der Waals surface area contributed by atoms with Gasteiger partial charge in [-0.1, -0.05) is 0 Å². The molecule has 0 bridgehead atoms. The predicted molar refractivity (Wildman–Crippen MR) is 86.9 cm³/mol. The smallest absolute Gasteiger partial charge is 0.256 e. The van der Waals surface area contributed by atoms with Crippen LogP contribution in [0.25, 0.3) is 0 Å². The number of piperazine rings is 1. The summed E-state index contributed by atoms with van der Waals surface area (Å²) in [5, 5.41) is 7.90. The Morgan fingerprint density at radius 2 is 1.38 bits per heavy atom. The maximum atomic E-state index is 13.0. The lowest BCUT2D eigenvalue weighted by molar-refractivity contribution is -0.212. The Kier molecular flexibility index (Phi) is 3.74. The highest BCUT2D eigenvalue weighted by Gasteiger charge is 2.52. The SMILES string of the molecule is CC1(C)CN(N2C(C)(C)CCCC2(C)C)C(=O)C(C)(C)N1. The highest BCUT2D eigenvalue weighted by Crippen LogP contribution is 2.41. The molecule has 2 aliphatic rings. The Labute approximate surface area is 130 Å². The van der Waals surface area contributed by atoms with Crippen LogP contribution in [0.15, 0.2) is 0 Å². The number of hydrogen-bond donors (Lipinski definition) is 1. The molecule has 21 heavy (non-hydrogen) atoms. The van der Waals surface area contributed by atoms with Crippen molar-refractivity contribution >= 4 is 5.91 Å². The van der Waals surface area contributed by atoms with Gasteiger partial charge in [0, 0.05) is 16.6 Å². The van der Waals surface area contributed by atoms with Gasteiger partial charge < -0.3 is 0 Å². The molecule has 2 fully saturated rings. The van der Waals surface area contributed by atoms with E-state index < -0.39 is 5.54 Å². The molecular weight excluding hydrogens is 262 g/mol. The molecule has 1 N–H and O–H groups in total. The van der Waals surface area contributed by atoms with Gasteiger partial charge in [0.25, 0.3) is 5.91 Å². The zero-order chi connectivity index (χ0) is 16.3. The molecule has 1 amide bonds. The van der Waals surface area contributed by atoms with E-state index in [9.17, 15) is 4.79 Å². The van der Waals surface area contributed by atoms with Gasteiger partial charge in [0.05, 0.1) is 12.1 Å². The Hall–Kier alpha value is -0.610. The summed E-state index contributed by atoms with van der Waals surface area (Å²) in [7, 11) is 0. The number of nitrogens with zero attached hydrogens (tertiary/aromatic N) is 2. The molecule has 0 saturated carbocycles. The Bertz CT molecular complexity index is 421. The van der Waals surface area contributed by atoms with E-state index in [0.29, 0.717) is 0 Å². The molecule has 2 rings (SSSR count). The number of hydrogen-bond acceptors (Lipinski definition) is 3. The molecule has 0 aromatic carbocycles. The lowest BCUT2D eigenvalue weighted by atomic mass is 9.80. The van der Waals surface area contributed by atoms with Crippen molar-refractivity contribution in [2.45, 2.75) is 96.8 Å². The van der Waals surface area contributed by atoms with Crippen molar-refractivity contribution in [3.8, 4) is 0 Å². The zero-order valence-electron chi connectivity index (χ0n) is 15.1. The summed E-state index contributed by atoms with van der Waals surface area (Å²) in [4.78, 5) is 13.0. The molecule has 0 aliphatic carbocycles. The quantitative estimate of drug-likeness (QED) is 0.808. The predicted octanol–water partition coefficient (Wildman–Crippen LogP) is 2.93. The topological polar surface area (TPSA) is 35.6 Å². The van der Waals surface area contributed by atoms with Gasteiger partial charge in [-0.2, -0.15) is 0 Å². The summed E-state index contributed by atoms with van der Waals surface area (Å²) in [6, 6.07) is 0. The highest BCUT2D eigenvalue weighted by atomic mass is 16.2. The average molecular weight is 295 g/mol. The van der Waals surface area contributed by atoms with E-state index in [4.69, 9.17) is 0 Å². The molecule has 0 aromatic rings. The van der Waals surface area contributed by atoms with Crippen LogP contribution in [0.2, 0.25) is 0 Å². The second-order valence-corrected chi connectivity index (χ2v) is 9.29. The average Bonchev–Trinajstić information content (AvgIpc) is 2.20. The fraction of sp³-hybridized carbons (Fsp3) is 0.941. The van der Waals surface area contributed by atoms with Gasteiger partial charge in [-0.3, -0.25) is 15.1 Å². The standard InChI is InChI=1S/C17H33N3O/c1-14(2)12-19(13(21)17(7,8)18-14)20-15(3,4)10-9-11-16(20,5)6/h18H,9-12H2,1-8H3. The van der Waals surface area contributed by atoms with E-state index in [1.807, 2.05) is 18.9 Å². The first kappa shape index (κ1) is 16.8. The minimum absolute atomic E-state index is 0.0148. The van der Waals surface area contributed by atoms with Crippen molar-refractivity contribution in [1.29, 1.82) is 0 Å². The first-order chi connectivity index (χ1) is 9.29. The maximum absolute atomic E-state index is 13.0. The summed E-state index contributed by atoms with van der Waals surface area (Å²) in [6.07, 6.45) is 3.49. The monoisotopic (exact) mass is 295 g/mol. The van der Waals surface area contributed by atoms with E-state index in [0.717, 1.165) is 19.4 Å². The van der Waals surface area contributed by atoms with Gasteiger partial charge >= 0.3 is 0 Å². The lowest BCUT2D eigenvalue weighted by Crippen LogP contribution is -2.77. The van der Waals surface area contributed by atoms with Crippen LogP contribution in [0.5, 0.6) is 0 Å². The van der Waals surface area contributed by atoms with E-state index in [1.54, 1.807) is 0 Å². The first-order valence-corrected chi connectivity index (χ1v) is 8.20. The summed E-state index contributed by atoms with van der Waals surface area (Å²) in [6.45, 7) is 18.1. The van der Waals surface area contributed by atoms with Crippen molar-refractivity contribution in [2.24, 2.45) is 0 Å². The highest BCUT2D eigenvalue weighted by molar-refractivity contribution is 5.86. The minimum atomic E-state index is -0.522. The molecule has 0 atom stereocenters.